The van der Waals surface area contributed by atoms with E-state index < -0.39 is 71.8 Å². The summed E-state index contributed by atoms with van der Waals surface area (Å²) < 4.78 is 40.0. The molecular weight excluding hydrogens is 542 g/mol. The summed E-state index contributed by atoms with van der Waals surface area (Å²) in [6.07, 6.45) is -0.333. The van der Waals surface area contributed by atoms with Crippen LogP contribution in [0.1, 0.15) is 32.8 Å². The fourth-order valence-electron chi connectivity index (χ4n) is 4.84. The summed E-state index contributed by atoms with van der Waals surface area (Å²) in [6, 6.07) is 3.58. The van der Waals surface area contributed by atoms with Crippen molar-refractivity contribution in [1.29, 1.82) is 0 Å². The van der Waals surface area contributed by atoms with Crippen molar-refractivity contribution in [3.63, 3.8) is 0 Å². The molecule has 4 rings (SSSR count). The second kappa shape index (κ2) is 9.49. The molecule has 0 saturated carbocycles. The first kappa shape index (κ1) is 27.8. The van der Waals surface area contributed by atoms with Crippen molar-refractivity contribution < 1.29 is 51.3 Å². The van der Waals surface area contributed by atoms with Crippen LogP contribution in [-0.4, -0.2) is 76.4 Å². The number of fused-ring (bicyclic) bond motifs is 1. The molecule has 39 heavy (non-hydrogen) atoms. The number of quaternary nitrogens is 1. The largest absolute Gasteiger partial charge is 0.459 e. The van der Waals surface area contributed by atoms with Crippen LogP contribution in [-0.2, 0) is 49.8 Å². The number of benzene rings is 1. The Labute approximate surface area is 221 Å². The van der Waals surface area contributed by atoms with Gasteiger partial charge in [0.05, 0.1) is 11.3 Å². The molecule has 0 aliphatic carbocycles. The van der Waals surface area contributed by atoms with Gasteiger partial charge in [-0.25, -0.2) is 13.2 Å². The van der Waals surface area contributed by atoms with Gasteiger partial charge in [0.15, 0.2) is 20.6 Å². The van der Waals surface area contributed by atoms with E-state index in [0.29, 0.717) is 5.56 Å². The number of carbonyl (C=O) groups is 4. The molecule has 1 unspecified atom stereocenters. The van der Waals surface area contributed by atoms with Crippen LogP contribution >= 0.6 is 0 Å². The first-order valence-electron chi connectivity index (χ1n) is 11.5. The predicted octanol–water partition coefficient (Wildman–Crippen LogP) is 0.832. The van der Waals surface area contributed by atoms with E-state index in [2.05, 4.69) is 10.3 Å². The van der Waals surface area contributed by atoms with Crippen molar-refractivity contribution in [1.82, 2.24) is 4.90 Å². The van der Waals surface area contributed by atoms with Gasteiger partial charge in [-0.2, -0.15) is 0 Å². The van der Waals surface area contributed by atoms with Gasteiger partial charge in [0.1, 0.15) is 25.6 Å². The summed E-state index contributed by atoms with van der Waals surface area (Å²) in [5.74, 6) is -4.08. The Morgan fingerprint density at radius 1 is 1.18 bits per heavy atom. The van der Waals surface area contributed by atoms with Crippen LogP contribution in [0.15, 0.2) is 46.4 Å². The number of amides is 1. The molecule has 208 valence electrons. The number of ether oxygens (including phenoxy) is 3. The maximum atomic E-state index is 13.7. The van der Waals surface area contributed by atoms with Crippen LogP contribution in [0.5, 0.6) is 0 Å². The number of esters is 3. The SMILES string of the molecule is CC(=O)OC1=C(OC(C)=O)[N+](C)(C[C@@]2(C)[C@H](C(=O)OCc3ccc([N+](=O)[O-])cc3)N3C(=O)C[C@@H]3S2(=O)=O)N=N1. The third-order valence-electron chi connectivity index (χ3n) is 6.62. The summed E-state index contributed by atoms with van der Waals surface area (Å²) in [7, 11) is -2.90. The van der Waals surface area contributed by atoms with Gasteiger partial charge in [0.2, 0.25) is 5.91 Å². The molecule has 3 aliphatic rings. The van der Waals surface area contributed by atoms with Crippen LogP contribution in [0.4, 0.5) is 5.69 Å². The first-order valence-corrected chi connectivity index (χ1v) is 13.0. The van der Waals surface area contributed by atoms with Crippen molar-refractivity contribution in [3.05, 3.63) is 51.7 Å². The molecule has 3 heterocycles. The number of nitrogens with zero attached hydrogens (tertiary/aromatic N) is 5. The smallest absolute Gasteiger partial charge is 0.394 e. The van der Waals surface area contributed by atoms with Crippen LogP contribution < -0.4 is 0 Å². The molecule has 0 spiro atoms. The van der Waals surface area contributed by atoms with Gasteiger partial charge in [-0.15, -0.1) is 4.59 Å². The van der Waals surface area contributed by atoms with Crippen LogP contribution in [0.2, 0.25) is 0 Å². The normalized spacial score (nSPS) is 28.5. The Morgan fingerprint density at radius 3 is 2.33 bits per heavy atom. The second-order valence-corrected chi connectivity index (χ2v) is 12.1. The highest BCUT2D eigenvalue weighted by Crippen LogP contribution is 2.49. The second-order valence-electron chi connectivity index (χ2n) is 9.54. The Kier molecular flexibility index (Phi) is 6.76. The van der Waals surface area contributed by atoms with Gasteiger partial charge in [-0.3, -0.25) is 24.5 Å². The Bertz CT molecular complexity index is 1450. The predicted molar refractivity (Wildman–Crippen MR) is 126 cm³/mol. The standard InChI is InChI=1S/C22H24N5O11S/c1-12(28)37-19-20(38-13(2)29)27(4,24-23-19)11-22(3)18(25-16(30)9-17(25)39(22,34)35)21(31)36-10-14-5-7-15(8-6-14)26(32)33/h5-8,17-18H,9-11H2,1-4H3/q+1/t17-,18-,22-,27?/m0/s1. The number of hydrogen-bond acceptors (Lipinski definition) is 13. The quantitative estimate of drug-likeness (QED) is 0.108. The summed E-state index contributed by atoms with van der Waals surface area (Å²) in [6.45, 7) is 2.49. The van der Waals surface area contributed by atoms with E-state index in [4.69, 9.17) is 14.2 Å². The lowest BCUT2D eigenvalue weighted by Gasteiger charge is -2.37. The summed E-state index contributed by atoms with van der Waals surface area (Å²) in [4.78, 5) is 60.4. The van der Waals surface area contributed by atoms with Gasteiger partial charge >= 0.3 is 29.7 Å². The van der Waals surface area contributed by atoms with E-state index in [0.717, 1.165) is 18.7 Å². The molecular formula is C22H24N5O11S+. The van der Waals surface area contributed by atoms with E-state index in [9.17, 15) is 37.7 Å². The topological polar surface area (TPSA) is 201 Å². The third-order valence-corrected chi connectivity index (χ3v) is 9.38. The molecule has 1 aromatic rings. The lowest BCUT2D eigenvalue weighted by molar-refractivity contribution is -0.895. The van der Waals surface area contributed by atoms with Crippen molar-refractivity contribution in [3.8, 4) is 0 Å². The van der Waals surface area contributed by atoms with E-state index in [1.807, 2.05) is 0 Å². The fourth-order valence-corrected chi connectivity index (χ4v) is 7.31. The molecule has 0 aromatic heterocycles. The summed E-state index contributed by atoms with van der Waals surface area (Å²) in [5, 5.41) is 17.3. The molecule has 1 amide bonds. The highest BCUT2D eigenvalue weighted by atomic mass is 32.2. The number of sulfone groups is 1. The Balaban J connectivity index is 1.67. The number of nitro benzene ring substituents is 1. The zero-order chi connectivity index (χ0) is 28.9. The number of β-lactam (4-membered cyclic amide) rings is 1. The third kappa shape index (κ3) is 4.63. The average molecular weight is 567 g/mol. The van der Waals surface area contributed by atoms with E-state index in [1.54, 1.807) is 0 Å². The minimum atomic E-state index is -4.23. The fraction of sp³-hybridized carbons (Fsp3) is 0.455. The zero-order valence-corrected chi connectivity index (χ0v) is 22.0. The van der Waals surface area contributed by atoms with Crippen molar-refractivity contribution >= 4 is 39.3 Å². The Hall–Kier alpha value is -4.25. The van der Waals surface area contributed by atoms with E-state index >= 15 is 0 Å². The van der Waals surface area contributed by atoms with Gasteiger partial charge < -0.3 is 19.1 Å². The number of hydrogen-bond donors (Lipinski definition) is 0. The molecule has 2 saturated heterocycles. The minimum Gasteiger partial charge on any atom is -0.459 e. The molecule has 4 atom stereocenters. The molecule has 0 radical (unpaired) electrons. The monoisotopic (exact) mass is 566 g/mol. The van der Waals surface area contributed by atoms with Crippen molar-refractivity contribution in [2.75, 3.05) is 13.6 Å². The van der Waals surface area contributed by atoms with Gasteiger partial charge in [0.25, 0.3) is 5.69 Å². The minimum absolute atomic E-state index is 0.171. The number of nitro groups is 1. The van der Waals surface area contributed by atoms with E-state index in [-0.39, 0.29) is 24.6 Å². The van der Waals surface area contributed by atoms with Crippen LogP contribution in [0.25, 0.3) is 0 Å². The Morgan fingerprint density at radius 2 is 1.79 bits per heavy atom. The van der Waals surface area contributed by atoms with Gasteiger partial charge in [0, 0.05) is 31.2 Å². The van der Waals surface area contributed by atoms with E-state index in [1.165, 1.54) is 38.2 Å². The number of carbonyl (C=O) groups excluding carboxylic acids is 4. The molecule has 1 aromatic carbocycles. The molecule has 0 bridgehead atoms. The van der Waals surface area contributed by atoms with Crippen molar-refractivity contribution in [2.45, 2.75) is 50.0 Å². The average Bonchev–Trinajstić information content (AvgIpc) is 3.18. The first-order chi connectivity index (χ1) is 18.1. The summed E-state index contributed by atoms with van der Waals surface area (Å²) >= 11 is 0. The van der Waals surface area contributed by atoms with Gasteiger partial charge in [-0.05, 0) is 24.6 Å². The maximum absolute atomic E-state index is 13.7. The zero-order valence-electron chi connectivity index (χ0n) is 21.2. The lowest BCUT2D eigenvalue weighted by Crippen LogP contribution is -2.61. The maximum Gasteiger partial charge on any atom is 0.394 e. The molecule has 3 aliphatic heterocycles. The molecule has 17 heteroatoms. The number of rotatable bonds is 8. The molecule has 16 nitrogen and oxygen atoms in total. The number of non-ortho nitro benzene ring substituents is 1. The van der Waals surface area contributed by atoms with Crippen LogP contribution in [0, 0.1) is 10.1 Å². The molecule has 0 N–H and O–H groups in total. The lowest BCUT2D eigenvalue weighted by atomic mass is 9.95. The molecule has 2 fully saturated rings. The van der Waals surface area contributed by atoms with Gasteiger partial charge in [-0.1, -0.05) is 5.11 Å². The highest BCUT2D eigenvalue weighted by Gasteiger charge is 2.73. The van der Waals surface area contributed by atoms with Crippen molar-refractivity contribution in [2.24, 2.45) is 10.3 Å². The van der Waals surface area contributed by atoms with Crippen LogP contribution in [0.3, 0.4) is 0 Å². The summed E-state index contributed by atoms with van der Waals surface area (Å²) in [5.41, 5.74) is 0.219. The highest BCUT2D eigenvalue weighted by molar-refractivity contribution is 7.94.